The van der Waals surface area contributed by atoms with Crippen LogP contribution in [0.25, 0.3) is 10.3 Å². The Kier molecular flexibility index (Phi) is 4.40. The number of amides is 1. The van der Waals surface area contributed by atoms with E-state index in [9.17, 15) is 4.79 Å². The molecule has 0 atom stereocenters. The minimum Gasteiger partial charge on any atom is -0.354 e. The molecule has 118 valence electrons. The summed E-state index contributed by atoms with van der Waals surface area (Å²) in [7, 11) is 1.68. The number of likely N-dealkylation sites (tertiary alicyclic amines) is 1. The molecular weight excluding hydrogens is 296 g/mol. The first-order valence-electron chi connectivity index (χ1n) is 7.81. The zero-order chi connectivity index (χ0) is 15.7. The zero-order valence-electron chi connectivity index (χ0n) is 13.3. The molecule has 3 rings (SSSR count). The molecule has 6 heteroatoms. The number of fused-ring (bicyclic) bond motifs is 1. The normalized spacial score (nSPS) is 17.3. The number of hydrogen-bond acceptors (Lipinski definition) is 5. The molecule has 3 heterocycles. The number of thiophene rings is 1. The molecule has 0 spiro atoms. The first-order valence-corrected chi connectivity index (χ1v) is 8.63. The van der Waals surface area contributed by atoms with Gasteiger partial charge in [-0.2, -0.15) is 0 Å². The molecule has 2 aromatic heterocycles. The van der Waals surface area contributed by atoms with E-state index in [0.29, 0.717) is 12.0 Å². The largest absolute Gasteiger partial charge is 0.354 e. The highest BCUT2D eigenvalue weighted by molar-refractivity contribution is 7.20. The number of nitrogens with zero attached hydrogens (tertiary/aromatic N) is 3. The zero-order valence-corrected chi connectivity index (χ0v) is 14.1. The van der Waals surface area contributed by atoms with Crippen LogP contribution in [0.4, 0.5) is 0 Å². The van der Waals surface area contributed by atoms with Crippen molar-refractivity contribution in [2.75, 3.05) is 20.1 Å². The maximum atomic E-state index is 12.3. The lowest BCUT2D eigenvalue weighted by atomic mass is 9.88. The van der Waals surface area contributed by atoms with Crippen LogP contribution >= 0.6 is 11.3 Å². The van der Waals surface area contributed by atoms with Crippen LogP contribution in [0.15, 0.2) is 12.4 Å². The maximum Gasteiger partial charge on any atom is 0.261 e. The van der Waals surface area contributed by atoms with Crippen molar-refractivity contribution in [3.05, 3.63) is 22.8 Å². The fraction of sp³-hybridized carbons (Fsp3) is 0.562. The summed E-state index contributed by atoms with van der Waals surface area (Å²) in [5.41, 5.74) is 2.02. The number of rotatable bonds is 3. The maximum absolute atomic E-state index is 12.3. The third kappa shape index (κ3) is 2.73. The minimum atomic E-state index is -0.0221. The number of nitrogens with one attached hydrogen (secondary N) is 1. The van der Waals surface area contributed by atoms with Gasteiger partial charge in [0.25, 0.3) is 5.91 Å². The Morgan fingerprint density at radius 2 is 2.00 bits per heavy atom. The van der Waals surface area contributed by atoms with Gasteiger partial charge in [-0.1, -0.05) is 0 Å². The Balaban J connectivity index is 1.97. The molecule has 1 N–H and O–H groups in total. The van der Waals surface area contributed by atoms with Crippen molar-refractivity contribution in [3.8, 4) is 0 Å². The number of piperidine rings is 1. The molecule has 0 unspecified atom stereocenters. The van der Waals surface area contributed by atoms with Gasteiger partial charge in [0.15, 0.2) is 0 Å². The summed E-state index contributed by atoms with van der Waals surface area (Å²) in [6.07, 6.45) is 5.56. The van der Waals surface area contributed by atoms with Gasteiger partial charge in [-0.3, -0.25) is 9.78 Å². The topological polar surface area (TPSA) is 58.1 Å². The standard InChI is InChI=1S/C16H22N4OS/c1-10(2)20-8-4-11(5-9-20)12-13-16(19-7-6-18-13)22-14(12)15(21)17-3/h6-7,10-11H,4-5,8-9H2,1-3H3,(H,17,21). The van der Waals surface area contributed by atoms with Crippen molar-refractivity contribution in [2.24, 2.45) is 0 Å². The third-order valence-electron chi connectivity index (χ3n) is 4.46. The van der Waals surface area contributed by atoms with Gasteiger partial charge >= 0.3 is 0 Å². The van der Waals surface area contributed by atoms with E-state index in [1.807, 2.05) is 0 Å². The molecule has 1 aliphatic heterocycles. The highest BCUT2D eigenvalue weighted by Crippen LogP contribution is 2.39. The van der Waals surface area contributed by atoms with Gasteiger partial charge in [-0.25, -0.2) is 4.98 Å². The van der Waals surface area contributed by atoms with E-state index in [1.165, 1.54) is 11.3 Å². The fourth-order valence-corrected chi connectivity index (χ4v) is 4.34. The summed E-state index contributed by atoms with van der Waals surface area (Å²) < 4.78 is 0. The van der Waals surface area contributed by atoms with Crippen LogP contribution in [0.5, 0.6) is 0 Å². The van der Waals surface area contributed by atoms with Crippen LogP contribution in [0.1, 0.15) is 47.8 Å². The molecule has 0 aromatic carbocycles. The number of carbonyl (C=O) groups excluding carboxylic acids is 1. The van der Waals surface area contributed by atoms with Crippen LogP contribution in [0.2, 0.25) is 0 Å². The molecule has 1 aliphatic rings. The van der Waals surface area contributed by atoms with Crippen molar-refractivity contribution in [1.29, 1.82) is 0 Å². The Hall–Kier alpha value is -1.53. The molecular formula is C16H22N4OS. The van der Waals surface area contributed by atoms with Gasteiger partial charge in [0.2, 0.25) is 0 Å². The second-order valence-corrected chi connectivity index (χ2v) is 7.04. The van der Waals surface area contributed by atoms with Crippen LogP contribution < -0.4 is 5.32 Å². The quantitative estimate of drug-likeness (QED) is 0.945. The van der Waals surface area contributed by atoms with Crippen LogP contribution in [-0.4, -0.2) is 47.0 Å². The Morgan fingerprint density at radius 1 is 1.32 bits per heavy atom. The van der Waals surface area contributed by atoms with Crippen molar-refractivity contribution < 1.29 is 4.79 Å². The summed E-state index contributed by atoms with van der Waals surface area (Å²) in [4.78, 5) is 25.3. The summed E-state index contributed by atoms with van der Waals surface area (Å²) in [6.45, 7) is 6.63. The first-order chi connectivity index (χ1) is 10.6. The predicted molar refractivity (Wildman–Crippen MR) is 89.5 cm³/mol. The van der Waals surface area contributed by atoms with Gasteiger partial charge in [0.1, 0.15) is 10.3 Å². The first kappa shape index (κ1) is 15.4. The highest BCUT2D eigenvalue weighted by Gasteiger charge is 2.29. The predicted octanol–water partition coefficient (Wildman–Crippen LogP) is 2.64. The van der Waals surface area contributed by atoms with E-state index in [2.05, 4.69) is 34.0 Å². The van der Waals surface area contributed by atoms with Gasteiger partial charge in [0, 0.05) is 31.0 Å². The number of aromatic nitrogens is 2. The lowest BCUT2D eigenvalue weighted by molar-refractivity contribution is 0.0964. The lowest BCUT2D eigenvalue weighted by Crippen LogP contribution is -2.38. The Bertz CT molecular complexity index is 674. The molecule has 0 saturated carbocycles. The Morgan fingerprint density at radius 3 is 2.64 bits per heavy atom. The summed E-state index contributed by atoms with van der Waals surface area (Å²) in [5.74, 6) is 0.374. The van der Waals surface area contributed by atoms with E-state index in [4.69, 9.17) is 0 Å². The molecule has 0 aliphatic carbocycles. The van der Waals surface area contributed by atoms with Gasteiger partial charge in [-0.05, 0) is 45.7 Å². The van der Waals surface area contributed by atoms with Crippen molar-refractivity contribution in [1.82, 2.24) is 20.2 Å². The SMILES string of the molecule is CNC(=O)c1sc2nccnc2c1C1CCN(C(C)C)CC1. The van der Waals surface area contributed by atoms with E-state index in [-0.39, 0.29) is 5.91 Å². The number of hydrogen-bond donors (Lipinski definition) is 1. The lowest BCUT2D eigenvalue weighted by Gasteiger charge is -2.34. The molecule has 1 fully saturated rings. The van der Waals surface area contributed by atoms with E-state index < -0.39 is 0 Å². The monoisotopic (exact) mass is 318 g/mol. The summed E-state index contributed by atoms with van der Waals surface area (Å²) in [5, 5.41) is 2.75. The highest BCUT2D eigenvalue weighted by atomic mass is 32.1. The number of carbonyl (C=O) groups is 1. The molecule has 1 amide bonds. The smallest absolute Gasteiger partial charge is 0.261 e. The van der Waals surface area contributed by atoms with Gasteiger partial charge in [0.05, 0.1) is 4.88 Å². The second kappa shape index (κ2) is 6.30. The molecule has 2 aromatic rings. The van der Waals surface area contributed by atoms with Gasteiger partial charge in [-0.15, -0.1) is 11.3 Å². The van der Waals surface area contributed by atoms with E-state index in [0.717, 1.165) is 46.7 Å². The Labute approximate surface area is 134 Å². The average Bonchev–Trinajstić information content (AvgIpc) is 2.93. The molecule has 0 bridgehead atoms. The van der Waals surface area contributed by atoms with E-state index in [1.54, 1.807) is 19.4 Å². The van der Waals surface area contributed by atoms with Crippen molar-refractivity contribution in [3.63, 3.8) is 0 Å². The van der Waals surface area contributed by atoms with Crippen LogP contribution in [0, 0.1) is 0 Å². The van der Waals surface area contributed by atoms with Gasteiger partial charge < -0.3 is 10.2 Å². The van der Waals surface area contributed by atoms with Crippen molar-refractivity contribution in [2.45, 2.75) is 38.6 Å². The average molecular weight is 318 g/mol. The van der Waals surface area contributed by atoms with Crippen molar-refractivity contribution >= 4 is 27.6 Å². The van der Waals surface area contributed by atoms with Crippen LogP contribution in [-0.2, 0) is 0 Å². The molecule has 22 heavy (non-hydrogen) atoms. The third-order valence-corrected chi connectivity index (χ3v) is 5.57. The molecule has 1 saturated heterocycles. The minimum absolute atomic E-state index is 0.0221. The second-order valence-electron chi connectivity index (χ2n) is 6.04. The summed E-state index contributed by atoms with van der Waals surface area (Å²) >= 11 is 1.46. The van der Waals surface area contributed by atoms with E-state index >= 15 is 0 Å². The summed E-state index contributed by atoms with van der Waals surface area (Å²) in [6, 6.07) is 0.582. The molecule has 5 nitrogen and oxygen atoms in total. The molecule has 0 radical (unpaired) electrons. The fourth-order valence-electron chi connectivity index (χ4n) is 3.21. The van der Waals surface area contributed by atoms with Crippen LogP contribution in [0.3, 0.4) is 0 Å².